The summed E-state index contributed by atoms with van der Waals surface area (Å²) in [6.45, 7) is 2.02. The van der Waals surface area contributed by atoms with E-state index in [9.17, 15) is 9.18 Å². The molecule has 0 saturated carbocycles. The van der Waals surface area contributed by atoms with Gasteiger partial charge < -0.3 is 5.32 Å². The van der Waals surface area contributed by atoms with Gasteiger partial charge in [-0.15, -0.1) is 11.3 Å². The third-order valence-corrected chi connectivity index (χ3v) is 4.38. The van der Waals surface area contributed by atoms with Crippen molar-refractivity contribution >= 4 is 33.2 Å². The highest BCUT2D eigenvalue weighted by molar-refractivity contribution is 9.10. The second kappa shape index (κ2) is 6.30. The van der Waals surface area contributed by atoms with Gasteiger partial charge in [0.15, 0.2) is 0 Å². The number of hydrogen-bond donors (Lipinski definition) is 1. The number of nitrogens with one attached hydrogen (secondary N) is 1. The molecule has 19 heavy (non-hydrogen) atoms. The van der Waals surface area contributed by atoms with Crippen molar-refractivity contribution in [3.05, 3.63) is 56.4 Å². The Morgan fingerprint density at radius 3 is 2.84 bits per heavy atom. The summed E-state index contributed by atoms with van der Waals surface area (Å²) in [5.74, 6) is -0.567. The van der Waals surface area contributed by atoms with Crippen LogP contribution >= 0.6 is 27.3 Å². The van der Waals surface area contributed by atoms with Crippen molar-refractivity contribution in [3.8, 4) is 0 Å². The van der Waals surface area contributed by atoms with Crippen LogP contribution in [0, 0.1) is 5.82 Å². The van der Waals surface area contributed by atoms with E-state index in [-0.39, 0.29) is 17.8 Å². The zero-order valence-electron chi connectivity index (χ0n) is 10.3. The first kappa shape index (κ1) is 14.2. The maximum atomic E-state index is 13.1. The number of carbonyl (C=O) groups is 1. The molecule has 1 aromatic heterocycles. The van der Waals surface area contributed by atoms with Crippen LogP contribution < -0.4 is 5.32 Å². The van der Waals surface area contributed by atoms with Crippen LogP contribution in [0.1, 0.15) is 34.6 Å². The minimum atomic E-state index is -0.373. The first-order valence-corrected chi connectivity index (χ1v) is 7.58. The molecule has 0 radical (unpaired) electrons. The Bertz CT molecular complexity index is 571. The first-order valence-electron chi connectivity index (χ1n) is 5.91. The SMILES string of the molecule is CCC(NC(=O)c1ccc(F)c(Br)c1)c1cccs1. The topological polar surface area (TPSA) is 29.1 Å². The fraction of sp³-hybridized carbons (Fsp3) is 0.214. The zero-order valence-corrected chi connectivity index (χ0v) is 12.7. The predicted octanol–water partition coefficient (Wildman–Crippen LogP) is 4.53. The molecule has 0 aliphatic heterocycles. The summed E-state index contributed by atoms with van der Waals surface area (Å²) in [5, 5.41) is 4.95. The van der Waals surface area contributed by atoms with Crippen LogP contribution in [0.5, 0.6) is 0 Å². The number of thiophene rings is 1. The van der Waals surface area contributed by atoms with E-state index in [2.05, 4.69) is 21.2 Å². The molecule has 1 N–H and O–H groups in total. The molecule has 1 amide bonds. The van der Waals surface area contributed by atoms with Crippen molar-refractivity contribution in [2.75, 3.05) is 0 Å². The molecule has 0 aliphatic carbocycles. The summed E-state index contributed by atoms with van der Waals surface area (Å²) >= 11 is 4.70. The van der Waals surface area contributed by atoms with Gasteiger partial charge in [0.25, 0.3) is 5.91 Å². The summed E-state index contributed by atoms with van der Waals surface area (Å²) in [6, 6.07) is 8.22. The molecule has 1 atom stereocenters. The number of amides is 1. The second-order valence-corrected chi connectivity index (χ2v) is 5.91. The Morgan fingerprint density at radius 1 is 1.47 bits per heavy atom. The van der Waals surface area contributed by atoms with E-state index in [0.717, 1.165) is 11.3 Å². The van der Waals surface area contributed by atoms with E-state index in [4.69, 9.17) is 0 Å². The van der Waals surface area contributed by atoms with Gasteiger partial charge in [0.2, 0.25) is 0 Å². The van der Waals surface area contributed by atoms with Crippen LogP contribution in [-0.4, -0.2) is 5.91 Å². The van der Waals surface area contributed by atoms with Crippen molar-refractivity contribution in [1.82, 2.24) is 5.32 Å². The average molecular weight is 342 g/mol. The predicted molar refractivity (Wildman–Crippen MR) is 78.9 cm³/mol. The number of benzene rings is 1. The molecule has 0 aliphatic rings. The lowest BCUT2D eigenvalue weighted by Gasteiger charge is -2.15. The van der Waals surface area contributed by atoms with Crippen LogP contribution in [0.2, 0.25) is 0 Å². The fourth-order valence-electron chi connectivity index (χ4n) is 1.74. The molecule has 1 aromatic carbocycles. The summed E-state index contributed by atoms with van der Waals surface area (Å²) in [5.41, 5.74) is 0.447. The molecule has 100 valence electrons. The second-order valence-electron chi connectivity index (χ2n) is 4.08. The molecule has 2 rings (SSSR count). The van der Waals surface area contributed by atoms with Crippen molar-refractivity contribution < 1.29 is 9.18 Å². The molecular weight excluding hydrogens is 329 g/mol. The zero-order chi connectivity index (χ0) is 13.8. The molecular formula is C14H13BrFNOS. The average Bonchev–Trinajstić information content (AvgIpc) is 2.92. The van der Waals surface area contributed by atoms with Gasteiger partial charge in [-0.25, -0.2) is 4.39 Å². The number of rotatable bonds is 4. The van der Waals surface area contributed by atoms with Crippen LogP contribution in [0.4, 0.5) is 4.39 Å². The van der Waals surface area contributed by atoms with E-state index >= 15 is 0 Å². The Morgan fingerprint density at radius 2 is 2.26 bits per heavy atom. The lowest BCUT2D eigenvalue weighted by Crippen LogP contribution is -2.27. The molecule has 0 saturated heterocycles. The molecule has 0 fully saturated rings. The Kier molecular flexibility index (Phi) is 4.71. The number of hydrogen-bond acceptors (Lipinski definition) is 2. The Labute approximate surface area is 123 Å². The molecule has 1 heterocycles. The summed E-state index contributed by atoms with van der Waals surface area (Å²) in [6.07, 6.45) is 0.814. The molecule has 0 spiro atoms. The molecule has 0 bridgehead atoms. The molecule has 1 unspecified atom stereocenters. The highest BCUT2D eigenvalue weighted by Gasteiger charge is 2.15. The highest BCUT2D eigenvalue weighted by Crippen LogP contribution is 2.23. The van der Waals surface area contributed by atoms with Crippen LogP contribution in [0.15, 0.2) is 40.2 Å². The smallest absolute Gasteiger partial charge is 0.251 e. The molecule has 2 nitrogen and oxygen atoms in total. The summed E-state index contributed by atoms with van der Waals surface area (Å²) in [7, 11) is 0. The van der Waals surface area contributed by atoms with Crippen molar-refractivity contribution in [3.63, 3.8) is 0 Å². The van der Waals surface area contributed by atoms with Crippen molar-refractivity contribution in [2.45, 2.75) is 19.4 Å². The van der Waals surface area contributed by atoms with Gasteiger partial charge in [0.05, 0.1) is 10.5 Å². The van der Waals surface area contributed by atoms with Crippen LogP contribution in [0.25, 0.3) is 0 Å². The largest absolute Gasteiger partial charge is 0.344 e. The van der Waals surface area contributed by atoms with E-state index < -0.39 is 0 Å². The number of carbonyl (C=O) groups excluding carboxylic acids is 1. The third kappa shape index (κ3) is 3.42. The van der Waals surface area contributed by atoms with Gasteiger partial charge in [-0.05, 0) is 52.0 Å². The molecule has 2 aromatic rings. The van der Waals surface area contributed by atoms with Gasteiger partial charge in [0, 0.05) is 10.4 Å². The highest BCUT2D eigenvalue weighted by atomic mass is 79.9. The number of halogens is 2. The monoisotopic (exact) mass is 341 g/mol. The van der Waals surface area contributed by atoms with Crippen LogP contribution in [-0.2, 0) is 0 Å². The van der Waals surface area contributed by atoms with Crippen LogP contribution in [0.3, 0.4) is 0 Å². The maximum Gasteiger partial charge on any atom is 0.251 e. The van der Waals surface area contributed by atoms with E-state index in [1.807, 2.05) is 24.4 Å². The Hall–Kier alpha value is -1.20. The molecule has 5 heteroatoms. The van der Waals surface area contributed by atoms with Gasteiger partial charge in [-0.1, -0.05) is 13.0 Å². The van der Waals surface area contributed by atoms with E-state index in [1.165, 1.54) is 18.2 Å². The summed E-state index contributed by atoms with van der Waals surface area (Å²) < 4.78 is 13.4. The minimum Gasteiger partial charge on any atom is -0.344 e. The van der Waals surface area contributed by atoms with Crippen molar-refractivity contribution in [2.24, 2.45) is 0 Å². The van der Waals surface area contributed by atoms with E-state index in [1.54, 1.807) is 11.3 Å². The Balaban J connectivity index is 2.13. The lowest BCUT2D eigenvalue weighted by molar-refractivity contribution is 0.0936. The van der Waals surface area contributed by atoms with Gasteiger partial charge in [-0.3, -0.25) is 4.79 Å². The maximum absolute atomic E-state index is 13.1. The standard InChI is InChI=1S/C14H13BrFNOS/c1-2-12(13-4-3-7-19-13)17-14(18)9-5-6-11(16)10(15)8-9/h3-8,12H,2H2,1H3,(H,17,18). The minimum absolute atomic E-state index is 0.00340. The lowest BCUT2D eigenvalue weighted by atomic mass is 10.1. The third-order valence-electron chi connectivity index (χ3n) is 2.78. The first-order chi connectivity index (χ1) is 9.11. The van der Waals surface area contributed by atoms with Crippen molar-refractivity contribution in [1.29, 1.82) is 0 Å². The van der Waals surface area contributed by atoms with Gasteiger partial charge in [-0.2, -0.15) is 0 Å². The fourth-order valence-corrected chi connectivity index (χ4v) is 2.98. The summed E-state index contributed by atoms with van der Waals surface area (Å²) in [4.78, 5) is 13.2. The van der Waals surface area contributed by atoms with Gasteiger partial charge >= 0.3 is 0 Å². The quantitative estimate of drug-likeness (QED) is 0.869. The normalized spacial score (nSPS) is 12.2. The van der Waals surface area contributed by atoms with Gasteiger partial charge in [0.1, 0.15) is 5.82 Å². The van der Waals surface area contributed by atoms with E-state index in [0.29, 0.717) is 10.0 Å².